The van der Waals surface area contributed by atoms with Crippen LogP contribution in [0.25, 0.3) is 0 Å². The number of aryl methyl sites for hydroxylation is 1. The zero-order chi connectivity index (χ0) is 12.5. The number of likely N-dealkylation sites (N-methyl/N-ethyl adjacent to an activating group) is 1. The first kappa shape index (κ1) is 12.6. The molecule has 88 valence electrons. The molecule has 0 amide bonds. The number of aromatic nitrogens is 1. The third-order valence-corrected chi connectivity index (χ3v) is 3.42. The summed E-state index contributed by atoms with van der Waals surface area (Å²) in [6, 6.07) is -0.662. The minimum absolute atomic E-state index is 0.101. The fraction of sp³-hybridized carbons (Fsp3) is 0.500. The number of Topliss-reactive ketones (excluding diaryl/α,β-unsaturated/α-hetero) is 1. The molecule has 0 saturated heterocycles. The number of thiazole rings is 1. The van der Waals surface area contributed by atoms with E-state index >= 15 is 0 Å². The lowest BCUT2D eigenvalue weighted by atomic mass is 10.3. The van der Waals surface area contributed by atoms with Gasteiger partial charge < -0.3 is 10.0 Å². The van der Waals surface area contributed by atoms with E-state index in [9.17, 15) is 9.59 Å². The summed E-state index contributed by atoms with van der Waals surface area (Å²) < 4.78 is 0. The molecule has 0 aliphatic heterocycles. The van der Waals surface area contributed by atoms with Crippen molar-refractivity contribution >= 4 is 28.2 Å². The highest BCUT2D eigenvalue weighted by Gasteiger charge is 2.21. The number of aliphatic carboxylic acids is 1. The maximum atomic E-state index is 11.2. The Balaban J connectivity index is 3.01. The van der Waals surface area contributed by atoms with Gasteiger partial charge in [0.25, 0.3) is 0 Å². The second-order valence-electron chi connectivity index (χ2n) is 3.58. The van der Waals surface area contributed by atoms with Crippen LogP contribution in [-0.4, -0.2) is 34.9 Å². The Morgan fingerprint density at radius 1 is 1.50 bits per heavy atom. The largest absolute Gasteiger partial charge is 0.480 e. The van der Waals surface area contributed by atoms with Crippen LogP contribution in [0.2, 0.25) is 0 Å². The maximum Gasteiger partial charge on any atom is 0.326 e. The normalized spacial score (nSPS) is 12.2. The standard InChI is InChI=1S/C10H14N2O3S/c1-5(9(14)15)12(4)10-11-8(6(2)13)7(3)16-10/h5H,1-4H3,(H,14,15). The van der Waals surface area contributed by atoms with Crippen molar-refractivity contribution in [2.24, 2.45) is 0 Å². The summed E-state index contributed by atoms with van der Waals surface area (Å²) in [5.74, 6) is -1.02. The smallest absolute Gasteiger partial charge is 0.326 e. The van der Waals surface area contributed by atoms with Crippen molar-refractivity contribution in [1.82, 2.24) is 4.98 Å². The van der Waals surface area contributed by atoms with Gasteiger partial charge in [-0.1, -0.05) is 0 Å². The van der Waals surface area contributed by atoms with Crippen LogP contribution in [0, 0.1) is 6.92 Å². The van der Waals surface area contributed by atoms with Crippen molar-refractivity contribution < 1.29 is 14.7 Å². The molecule has 6 heteroatoms. The molecule has 0 aliphatic carbocycles. The number of hydrogen-bond acceptors (Lipinski definition) is 5. The summed E-state index contributed by atoms with van der Waals surface area (Å²) in [7, 11) is 1.65. The van der Waals surface area contributed by atoms with Crippen molar-refractivity contribution in [2.75, 3.05) is 11.9 Å². The van der Waals surface area contributed by atoms with Crippen molar-refractivity contribution in [2.45, 2.75) is 26.8 Å². The van der Waals surface area contributed by atoms with E-state index in [2.05, 4.69) is 4.98 Å². The molecule has 5 nitrogen and oxygen atoms in total. The summed E-state index contributed by atoms with van der Waals surface area (Å²) in [6.45, 7) is 4.83. The Bertz CT molecular complexity index is 428. The zero-order valence-corrected chi connectivity index (χ0v) is 10.5. The number of rotatable bonds is 4. The second kappa shape index (κ2) is 4.61. The minimum Gasteiger partial charge on any atom is -0.480 e. The minimum atomic E-state index is -0.917. The van der Waals surface area contributed by atoms with E-state index in [4.69, 9.17) is 5.11 Å². The number of hydrogen-bond donors (Lipinski definition) is 1. The molecule has 0 fully saturated rings. The molecule has 0 aromatic carbocycles. The lowest BCUT2D eigenvalue weighted by Crippen LogP contribution is -2.35. The van der Waals surface area contributed by atoms with E-state index in [1.807, 2.05) is 0 Å². The summed E-state index contributed by atoms with van der Waals surface area (Å²) in [4.78, 5) is 28.5. The van der Waals surface area contributed by atoms with E-state index in [0.29, 0.717) is 10.8 Å². The average molecular weight is 242 g/mol. The lowest BCUT2D eigenvalue weighted by Gasteiger charge is -2.19. The highest BCUT2D eigenvalue weighted by Crippen LogP contribution is 2.26. The first-order valence-corrected chi connectivity index (χ1v) is 5.60. The molecule has 16 heavy (non-hydrogen) atoms. The molecule has 1 atom stereocenters. The lowest BCUT2D eigenvalue weighted by molar-refractivity contribution is -0.138. The predicted molar refractivity (Wildman–Crippen MR) is 62.4 cm³/mol. The van der Waals surface area contributed by atoms with Gasteiger partial charge in [0.15, 0.2) is 10.9 Å². The number of nitrogens with zero attached hydrogens (tertiary/aromatic N) is 2. The van der Waals surface area contributed by atoms with Gasteiger partial charge in [-0.05, 0) is 13.8 Å². The van der Waals surface area contributed by atoms with Crippen LogP contribution in [0.15, 0.2) is 0 Å². The van der Waals surface area contributed by atoms with Gasteiger partial charge in [0.05, 0.1) is 0 Å². The Labute approximate surface area is 97.7 Å². The van der Waals surface area contributed by atoms with E-state index in [0.717, 1.165) is 4.88 Å². The molecule has 0 saturated carbocycles. The molecule has 0 aliphatic rings. The van der Waals surface area contributed by atoms with Crippen LogP contribution in [0.3, 0.4) is 0 Å². The van der Waals surface area contributed by atoms with Gasteiger partial charge in [0, 0.05) is 18.8 Å². The van der Waals surface area contributed by atoms with Gasteiger partial charge >= 0.3 is 5.97 Å². The fourth-order valence-electron chi connectivity index (χ4n) is 1.19. The number of anilines is 1. The summed E-state index contributed by atoms with van der Waals surface area (Å²) in [5.41, 5.74) is 0.421. The Morgan fingerprint density at radius 2 is 2.06 bits per heavy atom. The van der Waals surface area contributed by atoms with Gasteiger partial charge in [-0.15, -0.1) is 11.3 Å². The van der Waals surface area contributed by atoms with Crippen LogP contribution >= 0.6 is 11.3 Å². The highest BCUT2D eigenvalue weighted by molar-refractivity contribution is 7.15. The summed E-state index contributed by atoms with van der Waals surface area (Å²) in [5, 5.41) is 9.42. The van der Waals surface area contributed by atoms with Crippen molar-refractivity contribution in [1.29, 1.82) is 0 Å². The van der Waals surface area contributed by atoms with Gasteiger partial charge in [-0.2, -0.15) is 0 Å². The number of carbonyl (C=O) groups is 2. The molecule has 0 spiro atoms. The van der Waals surface area contributed by atoms with Gasteiger partial charge in [-0.3, -0.25) is 4.79 Å². The number of carboxylic acid groups (broad SMARTS) is 1. The van der Waals surface area contributed by atoms with Crippen molar-refractivity contribution in [3.8, 4) is 0 Å². The molecule has 1 aromatic rings. The zero-order valence-electron chi connectivity index (χ0n) is 9.64. The molecular weight excluding hydrogens is 228 g/mol. The van der Waals surface area contributed by atoms with E-state index in [1.165, 1.54) is 18.3 Å². The van der Waals surface area contributed by atoms with E-state index in [1.54, 1.807) is 25.8 Å². The second-order valence-corrected chi connectivity index (χ2v) is 4.76. The van der Waals surface area contributed by atoms with E-state index in [-0.39, 0.29) is 5.78 Å². The Morgan fingerprint density at radius 3 is 2.44 bits per heavy atom. The third-order valence-electron chi connectivity index (χ3n) is 2.36. The number of ketones is 1. The number of carboxylic acids is 1. The molecular formula is C10H14N2O3S. The topological polar surface area (TPSA) is 70.5 Å². The van der Waals surface area contributed by atoms with Crippen molar-refractivity contribution in [3.05, 3.63) is 10.6 Å². The third kappa shape index (κ3) is 2.38. The molecule has 1 unspecified atom stereocenters. The van der Waals surface area contributed by atoms with Crippen LogP contribution in [0.4, 0.5) is 5.13 Å². The van der Waals surface area contributed by atoms with Gasteiger partial charge in [0.2, 0.25) is 0 Å². The Hall–Kier alpha value is -1.43. The number of carbonyl (C=O) groups excluding carboxylic acids is 1. The molecule has 1 aromatic heterocycles. The van der Waals surface area contributed by atoms with Crippen LogP contribution in [0.5, 0.6) is 0 Å². The highest BCUT2D eigenvalue weighted by atomic mass is 32.1. The SMILES string of the molecule is CC(=O)c1nc(N(C)C(C)C(=O)O)sc1C. The van der Waals surface area contributed by atoms with E-state index < -0.39 is 12.0 Å². The molecule has 1 rings (SSSR count). The predicted octanol–water partition coefficient (Wildman–Crippen LogP) is 1.56. The first-order chi connectivity index (χ1) is 7.34. The first-order valence-electron chi connectivity index (χ1n) is 4.78. The fourth-order valence-corrected chi connectivity index (χ4v) is 2.19. The van der Waals surface area contributed by atoms with Crippen LogP contribution < -0.4 is 4.90 Å². The van der Waals surface area contributed by atoms with Crippen LogP contribution in [0.1, 0.15) is 29.2 Å². The molecule has 0 bridgehead atoms. The van der Waals surface area contributed by atoms with Crippen LogP contribution in [-0.2, 0) is 4.79 Å². The van der Waals surface area contributed by atoms with Crippen molar-refractivity contribution in [3.63, 3.8) is 0 Å². The monoisotopic (exact) mass is 242 g/mol. The molecule has 1 N–H and O–H groups in total. The summed E-state index contributed by atoms with van der Waals surface area (Å²) >= 11 is 1.33. The van der Waals surface area contributed by atoms with Gasteiger partial charge in [0.1, 0.15) is 11.7 Å². The Kier molecular flexibility index (Phi) is 3.64. The molecule has 1 heterocycles. The molecule has 0 radical (unpaired) electrons. The summed E-state index contributed by atoms with van der Waals surface area (Å²) in [6.07, 6.45) is 0. The quantitative estimate of drug-likeness (QED) is 0.811. The maximum absolute atomic E-state index is 11.2. The van der Waals surface area contributed by atoms with Gasteiger partial charge in [-0.25, -0.2) is 9.78 Å². The average Bonchev–Trinajstić information content (AvgIpc) is 2.58.